The Bertz CT molecular complexity index is 1420. The van der Waals surface area contributed by atoms with E-state index in [9.17, 15) is 36.6 Å². The van der Waals surface area contributed by atoms with Crippen LogP contribution in [-0.4, -0.2) is 26.8 Å². The van der Waals surface area contributed by atoms with E-state index < -0.39 is 34.9 Å². The lowest BCUT2D eigenvalue weighted by molar-refractivity contribution is -0.290. The summed E-state index contributed by atoms with van der Waals surface area (Å²) in [6.07, 6.45) is -3.20. The van der Waals surface area contributed by atoms with Gasteiger partial charge < -0.3 is 9.84 Å². The van der Waals surface area contributed by atoms with Gasteiger partial charge in [0, 0.05) is 12.0 Å². The fourth-order valence-corrected chi connectivity index (χ4v) is 4.44. The topological polar surface area (TPSA) is 81.4 Å². The number of aromatic carboxylic acids is 1. The average molecular weight is 567 g/mol. The van der Waals surface area contributed by atoms with E-state index in [1.165, 1.54) is 6.07 Å². The highest BCUT2D eigenvalue weighted by atomic mass is 19.4. The maximum Gasteiger partial charge on any atom is 0.458 e. The quantitative estimate of drug-likeness (QED) is 0.243. The van der Waals surface area contributed by atoms with E-state index >= 15 is 0 Å². The molecule has 3 aromatic rings. The summed E-state index contributed by atoms with van der Waals surface area (Å²) >= 11 is 0. The number of benzene rings is 2. The van der Waals surface area contributed by atoms with Crippen molar-refractivity contribution in [3.8, 4) is 5.75 Å². The zero-order chi connectivity index (χ0) is 29.7. The molecule has 0 aliphatic carbocycles. The summed E-state index contributed by atoms with van der Waals surface area (Å²) in [4.78, 5) is 28.7. The number of aryl methyl sites for hydroxylation is 3. The molecule has 6 nitrogen and oxygen atoms in total. The number of hydrogen-bond acceptors (Lipinski definition) is 4. The van der Waals surface area contributed by atoms with E-state index in [-0.39, 0.29) is 31.0 Å². The van der Waals surface area contributed by atoms with Gasteiger partial charge in [0.15, 0.2) is 0 Å². The Labute approximate surface area is 228 Å². The molecule has 2 aromatic carbocycles. The van der Waals surface area contributed by atoms with Crippen LogP contribution in [0.15, 0.2) is 47.3 Å². The van der Waals surface area contributed by atoms with Gasteiger partial charge in [-0.15, -0.1) is 0 Å². The number of unbranched alkanes of at least 4 members (excludes halogenated alkanes) is 1. The van der Waals surface area contributed by atoms with Crippen LogP contribution >= 0.6 is 0 Å². The molecule has 1 aromatic heterocycles. The minimum atomic E-state index is -5.95. The second-order valence-electron chi connectivity index (χ2n) is 9.50. The second-order valence-corrected chi connectivity index (χ2v) is 9.50. The predicted molar refractivity (Wildman–Crippen MR) is 139 cm³/mol. The highest BCUT2D eigenvalue weighted by Crippen LogP contribution is 2.43. The van der Waals surface area contributed by atoms with Crippen molar-refractivity contribution in [3.05, 3.63) is 92.2 Å². The minimum absolute atomic E-state index is 0.0169. The molecule has 11 heteroatoms. The molecule has 216 valence electrons. The summed E-state index contributed by atoms with van der Waals surface area (Å²) in [5, 5.41) is 9.41. The third kappa shape index (κ3) is 6.68. The number of ether oxygens (including phenoxy) is 1. The summed E-state index contributed by atoms with van der Waals surface area (Å²) in [5.41, 5.74) is -1.96. The van der Waals surface area contributed by atoms with Crippen LogP contribution in [0.1, 0.15) is 77.2 Å². The molecule has 0 spiro atoms. The summed E-state index contributed by atoms with van der Waals surface area (Å²) in [6.45, 7) is 4.52. The third-order valence-electron chi connectivity index (χ3n) is 6.47. The van der Waals surface area contributed by atoms with E-state index in [0.29, 0.717) is 42.6 Å². The first-order valence-electron chi connectivity index (χ1n) is 12.9. The van der Waals surface area contributed by atoms with Crippen molar-refractivity contribution in [3.63, 3.8) is 0 Å². The number of rotatable bonds is 12. The lowest BCUT2D eigenvalue weighted by Crippen LogP contribution is -2.42. The van der Waals surface area contributed by atoms with Gasteiger partial charge in [-0.05, 0) is 43.0 Å². The van der Waals surface area contributed by atoms with Crippen LogP contribution in [0.3, 0.4) is 0 Å². The van der Waals surface area contributed by atoms with Crippen molar-refractivity contribution in [2.45, 2.75) is 78.1 Å². The summed E-state index contributed by atoms with van der Waals surface area (Å²) in [5.74, 6) is -5.84. The normalized spacial score (nSPS) is 12.0. The molecular formula is C29H31F5N2O4. The van der Waals surface area contributed by atoms with Crippen molar-refractivity contribution < 1.29 is 36.6 Å². The Morgan fingerprint density at radius 2 is 1.70 bits per heavy atom. The molecule has 0 saturated carbocycles. The Kier molecular flexibility index (Phi) is 9.70. The molecular weight excluding hydrogens is 535 g/mol. The first-order valence-corrected chi connectivity index (χ1v) is 12.9. The zero-order valence-electron chi connectivity index (χ0n) is 22.4. The van der Waals surface area contributed by atoms with Gasteiger partial charge in [0.25, 0.3) is 5.56 Å². The molecule has 0 aliphatic heterocycles. The van der Waals surface area contributed by atoms with E-state index in [4.69, 9.17) is 4.74 Å². The van der Waals surface area contributed by atoms with Crippen molar-refractivity contribution in [1.82, 2.24) is 9.55 Å². The van der Waals surface area contributed by atoms with Crippen molar-refractivity contribution in [2.75, 3.05) is 0 Å². The van der Waals surface area contributed by atoms with Crippen LogP contribution in [0, 0.1) is 6.92 Å². The molecule has 0 aliphatic rings. The molecule has 40 heavy (non-hydrogen) atoms. The SMILES string of the molecule is CCCCc1nc(C)c(C(F)(F)C(F)(F)F)c(=O)n1Cc1ccc(OCc2ccccc2C(=O)O)c(CCC)c1. The molecule has 0 fully saturated rings. The maximum absolute atomic E-state index is 14.4. The molecule has 0 radical (unpaired) electrons. The minimum Gasteiger partial charge on any atom is -0.489 e. The Balaban J connectivity index is 2.02. The average Bonchev–Trinajstić information content (AvgIpc) is 2.88. The van der Waals surface area contributed by atoms with Crippen LogP contribution < -0.4 is 10.3 Å². The highest BCUT2D eigenvalue weighted by Gasteiger charge is 2.61. The van der Waals surface area contributed by atoms with Crippen molar-refractivity contribution >= 4 is 5.97 Å². The van der Waals surface area contributed by atoms with Gasteiger partial charge in [0.1, 0.15) is 23.7 Å². The second kappa shape index (κ2) is 12.6. The van der Waals surface area contributed by atoms with Crippen LogP contribution in [-0.2, 0) is 31.9 Å². The number of hydrogen-bond donors (Lipinski definition) is 1. The molecule has 1 N–H and O–H groups in total. The maximum atomic E-state index is 14.4. The fourth-order valence-electron chi connectivity index (χ4n) is 4.44. The first-order chi connectivity index (χ1) is 18.8. The lowest BCUT2D eigenvalue weighted by Gasteiger charge is -2.23. The number of aromatic nitrogens is 2. The van der Waals surface area contributed by atoms with Crippen LogP contribution in [0.2, 0.25) is 0 Å². The number of carbonyl (C=O) groups is 1. The standard InChI is InChI=1S/C29H31F5N2O4/c1-4-6-12-24-35-18(3)25(28(30,31)29(32,33)34)26(37)36(24)16-19-13-14-23(20(15-19)9-5-2)40-17-21-10-7-8-11-22(21)27(38)39/h7-8,10-11,13-15H,4-6,9,12,16-17H2,1-3H3,(H,38,39). The van der Waals surface area contributed by atoms with E-state index in [0.717, 1.165) is 17.1 Å². The van der Waals surface area contributed by atoms with Crippen LogP contribution in [0.25, 0.3) is 0 Å². The van der Waals surface area contributed by atoms with Crippen molar-refractivity contribution in [1.29, 1.82) is 0 Å². The van der Waals surface area contributed by atoms with E-state index in [2.05, 4.69) is 4.98 Å². The van der Waals surface area contributed by atoms with Gasteiger partial charge in [-0.1, -0.05) is 57.0 Å². The van der Waals surface area contributed by atoms with Crippen molar-refractivity contribution in [2.24, 2.45) is 0 Å². The molecule has 0 bridgehead atoms. The molecule has 3 rings (SSSR count). The summed E-state index contributed by atoms with van der Waals surface area (Å²) in [7, 11) is 0. The summed E-state index contributed by atoms with van der Waals surface area (Å²) in [6, 6.07) is 11.3. The highest BCUT2D eigenvalue weighted by molar-refractivity contribution is 5.89. The largest absolute Gasteiger partial charge is 0.489 e. The number of nitrogens with zero attached hydrogens (tertiary/aromatic N) is 2. The molecule has 0 saturated heterocycles. The molecule has 0 atom stereocenters. The molecule has 0 unspecified atom stereocenters. The van der Waals surface area contributed by atoms with Crippen LogP contribution in [0.4, 0.5) is 22.0 Å². The fraction of sp³-hybridized carbons (Fsp3) is 0.414. The Morgan fingerprint density at radius 1 is 1.00 bits per heavy atom. The molecule has 1 heterocycles. The zero-order valence-corrected chi connectivity index (χ0v) is 22.4. The third-order valence-corrected chi connectivity index (χ3v) is 6.47. The van der Waals surface area contributed by atoms with Gasteiger partial charge in [0.2, 0.25) is 0 Å². The number of carboxylic acids is 1. The van der Waals surface area contributed by atoms with Gasteiger partial charge in [-0.2, -0.15) is 22.0 Å². The van der Waals surface area contributed by atoms with Gasteiger partial charge >= 0.3 is 18.1 Å². The Hall–Kier alpha value is -3.76. The van der Waals surface area contributed by atoms with Gasteiger partial charge in [-0.25, -0.2) is 9.78 Å². The van der Waals surface area contributed by atoms with E-state index in [1.54, 1.807) is 36.4 Å². The lowest BCUT2D eigenvalue weighted by atomic mass is 10.0. The first kappa shape index (κ1) is 30.8. The number of carboxylic acid groups (broad SMARTS) is 1. The summed E-state index contributed by atoms with van der Waals surface area (Å²) < 4.78 is 75.2. The van der Waals surface area contributed by atoms with Crippen LogP contribution in [0.5, 0.6) is 5.75 Å². The number of halogens is 5. The molecule has 0 amide bonds. The monoisotopic (exact) mass is 566 g/mol. The smallest absolute Gasteiger partial charge is 0.458 e. The Morgan fingerprint density at radius 3 is 2.33 bits per heavy atom. The van der Waals surface area contributed by atoms with E-state index in [1.807, 2.05) is 13.8 Å². The number of alkyl halides is 5. The van der Waals surface area contributed by atoms with Gasteiger partial charge in [-0.3, -0.25) is 9.36 Å². The predicted octanol–water partition coefficient (Wildman–Crippen LogP) is 6.83. The van der Waals surface area contributed by atoms with Gasteiger partial charge in [0.05, 0.1) is 17.8 Å².